The average Bonchev–Trinajstić information content (AvgIpc) is 3.08. The molecule has 170 valence electrons. The van der Waals surface area contributed by atoms with Gasteiger partial charge in [0.05, 0.1) is 21.7 Å². The first-order valence-electron chi connectivity index (χ1n) is 10.2. The van der Waals surface area contributed by atoms with E-state index in [1.54, 1.807) is 13.0 Å². The van der Waals surface area contributed by atoms with Crippen LogP contribution in [-0.4, -0.2) is 35.1 Å². The Bertz CT molecular complexity index is 1380. The lowest BCUT2D eigenvalue weighted by Crippen LogP contribution is -2.29. The molecule has 2 amide bonds. The van der Waals surface area contributed by atoms with Crippen LogP contribution in [0.4, 0.5) is 11.4 Å². The number of nitro benzene ring substituents is 1. The fourth-order valence-corrected chi connectivity index (χ4v) is 3.73. The number of ketones is 1. The predicted octanol–water partition coefficient (Wildman–Crippen LogP) is 4.05. The molecule has 0 atom stereocenters. The van der Waals surface area contributed by atoms with E-state index in [1.165, 1.54) is 36.4 Å². The first kappa shape index (κ1) is 22.5. The molecule has 3 aromatic rings. The Kier molecular flexibility index (Phi) is 5.77. The zero-order valence-electron chi connectivity index (χ0n) is 18.2. The molecule has 0 unspecified atom stereocenters. The molecule has 0 saturated carbocycles. The third-order valence-corrected chi connectivity index (χ3v) is 5.48. The van der Waals surface area contributed by atoms with Crippen LogP contribution >= 0.6 is 0 Å². The predicted molar refractivity (Wildman–Crippen MR) is 121 cm³/mol. The van der Waals surface area contributed by atoms with Crippen LogP contribution < -0.4 is 4.90 Å². The quantitative estimate of drug-likeness (QED) is 0.179. The second-order valence-electron chi connectivity index (χ2n) is 7.77. The van der Waals surface area contributed by atoms with E-state index >= 15 is 0 Å². The summed E-state index contributed by atoms with van der Waals surface area (Å²) < 4.78 is 5.13. The van der Waals surface area contributed by atoms with Gasteiger partial charge in [0.15, 0.2) is 6.61 Å². The molecule has 0 aliphatic carbocycles. The molecule has 1 aliphatic rings. The maximum absolute atomic E-state index is 12.8. The lowest BCUT2D eigenvalue weighted by atomic mass is 10.0. The van der Waals surface area contributed by atoms with Gasteiger partial charge in [-0.2, -0.15) is 0 Å². The van der Waals surface area contributed by atoms with Crippen molar-refractivity contribution in [2.45, 2.75) is 13.8 Å². The number of ether oxygens (including phenoxy) is 1. The zero-order chi connectivity index (χ0) is 24.6. The number of esters is 1. The highest BCUT2D eigenvalue weighted by atomic mass is 16.6. The number of hydrogen-bond acceptors (Lipinski definition) is 7. The van der Waals surface area contributed by atoms with E-state index < -0.39 is 35.0 Å². The molecule has 1 aliphatic heterocycles. The van der Waals surface area contributed by atoms with Gasteiger partial charge in [-0.3, -0.25) is 24.5 Å². The van der Waals surface area contributed by atoms with E-state index in [2.05, 4.69) is 0 Å². The van der Waals surface area contributed by atoms with E-state index in [-0.39, 0.29) is 28.2 Å². The van der Waals surface area contributed by atoms with Crippen LogP contribution in [-0.2, 0) is 4.74 Å². The van der Waals surface area contributed by atoms with Crippen LogP contribution in [0.15, 0.2) is 60.7 Å². The van der Waals surface area contributed by atoms with Gasteiger partial charge in [-0.15, -0.1) is 0 Å². The third kappa shape index (κ3) is 3.95. The van der Waals surface area contributed by atoms with Gasteiger partial charge in [0.25, 0.3) is 17.5 Å². The summed E-state index contributed by atoms with van der Waals surface area (Å²) in [5.41, 5.74) is 1.63. The summed E-state index contributed by atoms with van der Waals surface area (Å²) in [6.07, 6.45) is 0. The van der Waals surface area contributed by atoms with Crippen molar-refractivity contribution in [1.29, 1.82) is 0 Å². The molecule has 9 nitrogen and oxygen atoms in total. The van der Waals surface area contributed by atoms with Crippen molar-refractivity contribution in [3.63, 3.8) is 0 Å². The third-order valence-electron chi connectivity index (χ3n) is 5.48. The molecule has 0 fully saturated rings. The summed E-state index contributed by atoms with van der Waals surface area (Å²) in [5.74, 6) is -2.60. The Morgan fingerprint density at radius 3 is 2.35 bits per heavy atom. The minimum absolute atomic E-state index is 0.0624. The Morgan fingerprint density at radius 2 is 1.68 bits per heavy atom. The molecule has 0 aromatic heterocycles. The van der Waals surface area contributed by atoms with Crippen LogP contribution in [0.3, 0.4) is 0 Å². The molecule has 9 heteroatoms. The number of carbonyl (C=O) groups excluding carboxylic acids is 4. The highest BCUT2D eigenvalue weighted by Crippen LogP contribution is 2.33. The standard InChI is InChI=1S/C25H18N2O7/c1-14-6-7-15(2)19(12-14)21(28)13-34-25(31)16-8-10-17(11-9-16)26-23(29)18-4-3-5-20(27(32)33)22(18)24(26)30/h3-12H,13H2,1-2H3. The van der Waals surface area contributed by atoms with E-state index in [0.29, 0.717) is 5.56 Å². The number of fused-ring (bicyclic) bond motifs is 1. The van der Waals surface area contributed by atoms with Crippen molar-refractivity contribution in [1.82, 2.24) is 0 Å². The summed E-state index contributed by atoms with van der Waals surface area (Å²) >= 11 is 0. The van der Waals surface area contributed by atoms with Crippen molar-refractivity contribution in [2.75, 3.05) is 11.5 Å². The Hall–Kier alpha value is -4.66. The number of aryl methyl sites for hydroxylation is 2. The van der Waals surface area contributed by atoms with Gasteiger partial charge < -0.3 is 4.74 Å². The van der Waals surface area contributed by atoms with E-state index in [9.17, 15) is 29.3 Å². The van der Waals surface area contributed by atoms with Gasteiger partial charge in [0.1, 0.15) is 5.56 Å². The van der Waals surface area contributed by atoms with E-state index in [4.69, 9.17) is 4.74 Å². The second-order valence-corrected chi connectivity index (χ2v) is 7.77. The number of benzene rings is 3. The zero-order valence-corrected chi connectivity index (χ0v) is 18.2. The molecule has 0 N–H and O–H groups in total. The van der Waals surface area contributed by atoms with Crippen LogP contribution in [0.25, 0.3) is 0 Å². The molecule has 3 aromatic carbocycles. The summed E-state index contributed by atoms with van der Waals surface area (Å²) in [6, 6.07) is 14.7. The van der Waals surface area contributed by atoms with Crippen molar-refractivity contribution in [3.8, 4) is 0 Å². The van der Waals surface area contributed by atoms with E-state index in [0.717, 1.165) is 22.1 Å². The van der Waals surface area contributed by atoms with Gasteiger partial charge in [0.2, 0.25) is 5.78 Å². The summed E-state index contributed by atoms with van der Waals surface area (Å²) in [5, 5.41) is 11.3. The van der Waals surface area contributed by atoms with E-state index in [1.807, 2.05) is 19.1 Å². The normalized spacial score (nSPS) is 12.5. The Balaban J connectivity index is 1.49. The number of rotatable bonds is 6. The molecule has 34 heavy (non-hydrogen) atoms. The van der Waals surface area contributed by atoms with Crippen LogP contribution in [0.5, 0.6) is 0 Å². The van der Waals surface area contributed by atoms with Crippen LogP contribution in [0.2, 0.25) is 0 Å². The average molecular weight is 458 g/mol. The van der Waals surface area contributed by atoms with Gasteiger partial charge in [0, 0.05) is 11.6 Å². The highest BCUT2D eigenvalue weighted by molar-refractivity contribution is 6.35. The maximum atomic E-state index is 12.8. The Labute approximate surface area is 193 Å². The van der Waals surface area contributed by atoms with Gasteiger partial charge in [-0.05, 0) is 55.8 Å². The van der Waals surface area contributed by atoms with Crippen LogP contribution in [0.1, 0.15) is 52.6 Å². The molecular formula is C25H18N2O7. The summed E-state index contributed by atoms with van der Waals surface area (Å²) in [4.78, 5) is 61.7. The molecule has 0 bridgehead atoms. The minimum Gasteiger partial charge on any atom is -0.454 e. The van der Waals surface area contributed by atoms with Gasteiger partial charge in [-0.25, -0.2) is 9.69 Å². The smallest absolute Gasteiger partial charge is 0.338 e. The first-order valence-corrected chi connectivity index (χ1v) is 10.2. The number of amides is 2. The largest absolute Gasteiger partial charge is 0.454 e. The SMILES string of the molecule is Cc1ccc(C)c(C(=O)COC(=O)c2ccc(N3C(=O)c4cccc([N+](=O)[O-])c4C3=O)cc2)c1. The number of nitro groups is 1. The number of hydrogen-bond donors (Lipinski definition) is 0. The summed E-state index contributed by atoms with van der Waals surface area (Å²) in [7, 11) is 0. The molecule has 0 radical (unpaired) electrons. The number of nitrogens with zero attached hydrogens (tertiary/aromatic N) is 2. The van der Waals surface area contributed by atoms with Crippen molar-refractivity contribution >= 4 is 34.9 Å². The van der Waals surface area contributed by atoms with Gasteiger partial charge in [-0.1, -0.05) is 23.8 Å². The fraction of sp³-hybridized carbons (Fsp3) is 0.120. The molecule has 1 heterocycles. The number of Topliss-reactive ketones (excluding diaryl/α,β-unsaturated/α-hetero) is 1. The van der Waals surface area contributed by atoms with Crippen LogP contribution in [0, 0.1) is 24.0 Å². The van der Waals surface area contributed by atoms with Crippen molar-refractivity contribution < 1.29 is 28.8 Å². The van der Waals surface area contributed by atoms with Gasteiger partial charge >= 0.3 is 5.97 Å². The summed E-state index contributed by atoms with van der Waals surface area (Å²) in [6.45, 7) is 3.21. The topological polar surface area (TPSA) is 124 Å². The second kappa shape index (κ2) is 8.70. The van der Waals surface area contributed by atoms with Crippen molar-refractivity contribution in [2.24, 2.45) is 0 Å². The highest BCUT2D eigenvalue weighted by Gasteiger charge is 2.41. The molecule has 4 rings (SSSR count). The monoisotopic (exact) mass is 458 g/mol. The first-order chi connectivity index (χ1) is 16.2. The fourth-order valence-electron chi connectivity index (χ4n) is 3.73. The van der Waals surface area contributed by atoms with Crippen molar-refractivity contribution in [3.05, 3.63) is 104 Å². The molecule has 0 saturated heterocycles. The number of imide groups is 1. The number of anilines is 1. The molecule has 0 spiro atoms. The maximum Gasteiger partial charge on any atom is 0.338 e. The lowest BCUT2D eigenvalue weighted by molar-refractivity contribution is -0.385. The Morgan fingerprint density at radius 1 is 0.971 bits per heavy atom. The molecular weight excluding hydrogens is 440 g/mol. The lowest BCUT2D eigenvalue weighted by Gasteiger charge is -2.14. The minimum atomic E-state index is -0.818. The number of carbonyl (C=O) groups is 4.